The Morgan fingerprint density at radius 3 is 2.50 bits per heavy atom. The molecule has 134 valence electrons. The van der Waals surface area contributed by atoms with Crippen molar-refractivity contribution in [1.82, 2.24) is 9.97 Å². The number of ether oxygens (including phenoxy) is 2. The highest BCUT2D eigenvalue weighted by molar-refractivity contribution is 5.91. The van der Waals surface area contributed by atoms with Gasteiger partial charge in [0.05, 0.1) is 19.7 Å². The fourth-order valence-corrected chi connectivity index (χ4v) is 3.25. The van der Waals surface area contributed by atoms with E-state index in [4.69, 9.17) is 14.5 Å². The van der Waals surface area contributed by atoms with E-state index in [-0.39, 0.29) is 5.78 Å². The molecular weight excluding hydrogens is 328 g/mol. The molecule has 1 aromatic heterocycles. The molecule has 4 rings (SSSR count). The summed E-state index contributed by atoms with van der Waals surface area (Å²) in [6.07, 6.45) is 3.11. The molecule has 3 aromatic rings. The van der Waals surface area contributed by atoms with Crippen LogP contribution in [0.4, 0.5) is 0 Å². The number of methoxy groups -OCH3 is 2. The lowest BCUT2D eigenvalue weighted by Crippen LogP contribution is -2.07. The van der Waals surface area contributed by atoms with Crippen LogP contribution in [-0.2, 0) is 17.6 Å². The minimum absolute atomic E-state index is 0.164. The first kappa shape index (κ1) is 16.6. The number of carbonyl (C=O) groups is 1. The zero-order valence-corrected chi connectivity index (χ0v) is 15.0. The van der Waals surface area contributed by atoms with Crippen LogP contribution in [0.1, 0.15) is 35.7 Å². The van der Waals surface area contributed by atoms with Crippen LogP contribution in [0, 0.1) is 0 Å². The van der Waals surface area contributed by atoms with Crippen molar-refractivity contribution >= 4 is 16.8 Å². The van der Waals surface area contributed by atoms with Gasteiger partial charge in [0.1, 0.15) is 28.6 Å². The molecule has 0 spiro atoms. The summed E-state index contributed by atoms with van der Waals surface area (Å²) in [5.41, 5.74) is 3.68. The average molecular weight is 350 g/mol. The Labute approximate surface area is 152 Å². The summed E-state index contributed by atoms with van der Waals surface area (Å²) >= 11 is 0. The standard InChI is InChI=1S/C21H22N2O3/c1-25-17-8-3-13(4-9-17)11-16(24)12-15-7-10-18(26-2)20-19(15)22-21(23-20)14-5-6-14/h3-4,7-10,14H,5-6,11-12H2,1-2H3,(H,22,23). The van der Waals surface area contributed by atoms with Crippen LogP contribution >= 0.6 is 0 Å². The van der Waals surface area contributed by atoms with E-state index in [1.807, 2.05) is 36.4 Å². The molecule has 1 saturated carbocycles. The zero-order chi connectivity index (χ0) is 18.1. The fraction of sp³-hybridized carbons (Fsp3) is 0.333. The molecule has 0 aliphatic heterocycles. The number of hydrogen-bond acceptors (Lipinski definition) is 4. The van der Waals surface area contributed by atoms with Gasteiger partial charge in [0, 0.05) is 18.8 Å². The third-order valence-corrected chi connectivity index (χ3v) is 4.84. The molecule has 0 amide bonds. The van der Waals surface area contributed by atoms with Crippen molar-refractivity contribution in [2.75, 3.05) is 14.2 Å². The molecule has 0 saturated heterocycles. The highest BCUT2D eigenvalue weighted by atomic mass is 16.5. The van der Waals surface area contributed by atoms with E-state index < -0.39 is 0 Å². The number of nitrogens with zero attached hydrogens (tertiary/aromatic N) is 1. The first-order valence-corrected chi connectivity index (χ1v) is 8.88. The number of hydrogen-bond donors (Lipinski definition) is 1. The van der Waals surface area contributed by atoms with Crippen LogP contribution in [-0.4, -0.2) is 30.0 Å². The molecule has 1 N–H and O–H groups in total. The maximum absolute atomic E-state index is 12.6. The number of ketones is 1. The van der Waals surface area contributed by atoms with Gasteiger partial charge >= 0.3 is 0 Å². The van der Waals surface area contributed by atoms with Gasteiger partial charge < -0.3 is 14.5 Å². The van der Waals surface area contributed by atoms with Crippen molar-refractivity contribution in [2.24, 2.45) is 0 Å². The lowest BCUT2D eigenvalue weighted by molar-refractivity contribution is -0.117. The second-order valence-corrected chi connectivity index (χ2v) is 6.79. The lowest BCUT2D eigenvalue weighted by Gasteiger charge is -2.06. The monoisotopic (exact) mass is 350 g/mol. The number of Topliss-reactive ketones (excluding diaryl/α,β-unsaturated/α-hetero) is 1. The first-order chi connectivity index (χ1) is 12.7. The predicted molar refractivity (Wildman–Crippen MR) is 100 cm³/mol. The Morgan fingerprint density at radius 1 is 1.08 bits per heavy atom. The van der Waals surface area contributed by atoms with Crippen molar-refractivity contribution in [3.63, 3.8) is 0 Å². The molecule has 2 aromatic carbocycles. The molecule has 0 radical (unpaired) electrons. The van der Waals surface area contributed by atoms with Gasteiger partial charge in [0.15, 0.2) is 0 Å². The number of carbonyl (C=O) groups excluding carboxylic acids is 1. The minimum atomic E-state index is 0.164. The Hall–Kier alpha value is -2.82. The normalized spacial score (nSPS) is 13.8. The van der Waals surface area contributed by atoms with Gasteiger partial charge in [-0.05, 0) is 42.2 Å². The van der Waals surface area contributed by atoms with Gasteiger partial charge in [0.25, 0.3) is 0 Å². The topological polar surface area (TPSA) is 64.2 Å². The molecule has 0 bridgehead atoms. The SMILES string of the molecule is COc1ccc(CC(=O)Cc2ccc(OC)c3[nH]c(C4CC4)nc23)cc1. The van der Waals surface area contributed by atoms with E-state index in [0.29, 0.717) is 18.8 Å². The summed E-state index contributed by atoms with van der Waals surface area (Å²) in [5.74, 6) is 3.26. The number of aromatic amines is 1. The Kier molecular flexibility index (Phi) is 4.37. The maximum Gasteiger partial charge on any atom is 0.144 e. The number of benzene rings is 2. The Bertz CT molecular complexity index is 940. The summed E-state index contributed by atoms with van der Waals surface area (Å²) in [6.45, 7) is 0. The lowest BCUT2D eigenvalue weighted by atomic mass is 10.0. The van der Waals surface area contributed by atoms with E-state index in [1.54, 1.807) is 14.2 Å². The summed E-state index contributed by atoms with van der Waals surface area (Å²) in [4.78, 5) is 20.7. The zero-order valence-electron chi connectivity index (χ0n) is 15.0. The number of aromatic nitrogens is 2. The number of imidazole rings is 1. The third kappa shape index (κ3) is 3.29. The first-order valence-electron chi connectivity index (χ1n) is 8.88. The molecule has 5 heteroatoms. The number of nitrogens with one attached hydrogen (secondary N) is 1. The molecule has 1 heterocycles. The van der Waals surface area contributed by atoms with Crippen molar-refractivity contribution < 1.29 is 14.3 Å². The number of H-pyrrole nitrogens is 1. The van der Waals surface area contributed by atoms with Crippen molar-refractivity contribution in [3.8, 4) is 11.5 Å². The van der Waals surface area contributed by atoms with Crippen LogP contribution in [0.2, 0.25) is 0 Å². The molecule has 1 fully saturated rings. The average Bonchev–Trinajstić information content (AvgIpc) is 3.41. The summed E-state index contributed by atoms with van der Waals surface area (Å²) in [7, 11) is 3.29. The molecule has 5 nitrogen and oxygen atoms in total. The summed E-state index contributed by atoms with van der Waals surface area (Å²) in [5, 5.41) is 0. The van der Waals surface area contributed by atoms with Gasteiger partial charge in [-0.3, -0.25) is 4.79 Å². The highest BCUT2D eigenvalue weighted by Crippen LogP contribution is 2.40. The van der Waals surface area contributed by atoms with Crippen molar-refractivity contribution in [3.05, 3.63) is 53.3 Å². The second kappa shape index (κ2) is 6.83. The van der Waals surface area contributed by atoms with Gasteiger partial charge in [-0.1, -0.05) is 18.2 Å². The Morgan fingerprint density at radius 2 is 1.85 bits per heavy atom. The van der Waals surface area contributed by atoms with Crippen molar-refractivity contribution in [1.29, 1.82) is 0 Å². The fourth-order valence-electron chi connectivity index (χ4n) is 3.25. The molecule has 26 heavy (non-hydrogen) atoms. The minimum Gasteiger partial charge on any atom is -0.497 e. The molecule has 1 aliphatic rings. The smallest absolute Gasteiger partial charge is 0.144 e. The van der Waals surface area contributed by atoms with Crippen LogP contribution in [0.15, 0.2) is 36.4 Å². The molecule has 1 aliphatic carbocycles. The van der Waals surface area contributed by atoms with E-state index in [1.165, 1.54) is 12.8 Å². The van der Waals surface area contributed by atoms with Gasteiger partial charge in [-0.15, -0.1) is 0 Å². The van der Waals surface area contributed by atoms with Gasteiger partial charge in [-0.25, -0.2) is 4.98 Å². The van der Waals surface area contributed by atoms with Crippen LogP contribution in [0.25, 0.3) is 11.0 Å². The largest absolute Gasteiger partial charge is 0.497 e. The van der Waals surface area contributed by atoms with Crippen LogP contribution in [0.3, 0.4) is 0 Å². The number of fused-ring (bicyclic) bond motifs is 1. The molecule has 0 unspecified atom stereocenters. The number of rotatable bonds is 7. The van der Waals surface area contributed by atoms with E-state index in [9.17, 15) is 4.79 Å². The Balaban J connectivity index is 1.56. The maximum atomic E-state index is 12.6. The third-order valence-electron chi connectivity index (χ3n) is 4.84. The van der Waals surface area contributed by atoms with E-state index in [0.717, 1.165) is 39.5 Å². The molecular formula is C21H22N2O3. The summed E-state index contributed by atoms with van der Waals surface area (Å²) in [6, 6.07) is 11.5. The highest BCUT2D eigenvalue weighted by Gasteiger charge is 2.28. The summed E-state index contributed by atoms with van der Waals surface area (Å²) < 4.78 is 10.6. The van der Waals surface area contributed by atoms with E-state index >= 15 is 0 Å². The van der Waals surface area contributed by atoms with E-state index in [2.05, 4.69) is 4.98 Å². The van der Waals surface area contributed by atoms with Crippen LogP contribution in [0.5, 0.6) is 11.5 Å². The predicted octanol–water partition coefficient (Wildman–Crippen LogP) is 3.81. The molecule has 0 atom stereocenters. The van der Waals surface area contributed by atoms with Crippen LogP contribution < -0.4 is 9.47 Å². The second-order valence-electron chi connectivity index (χ2n) is 6.79. The van der Waals surface area contributed by atoms with Gasteiger partial charge in [0.2, 0.25) is 0 Å². The quantitative estimate of drug-likeness (QED) is 0.704. The van der Waals surface area contributed by atoms with Crippen molar-refractivity contribution in [2.45, 2.75) is 31.6 Å². The van der Waals surface area contributed by atoms with Gasteiger partial charge in [-0.2, -0.15) is 0 Å².